The van der Waals surface area contributed by atoms with Crippen LogP contribution in [-0.2, 0) is 13.5 Å². The number of aryl methyl sites for hydroxylation is 1. The van der Waals surface area contributed by atoms with E-state index in [9.17, 15) is 4.79 Å². The molecular formula is C13H13N5O2S. The highest BCUT2D eigenvalue weighted by Crippen LogP contribution is 2.23. The van der Waals surface area contributed by atoms with Gasteiger partial charge >= 0.3 is 0 Å². The summed E-state index contributed by atoms with van der Waals surface area (Å²) in [5.41, 5.74) is 1.28. The molecule has 0 aromatic carbocycles. The number of carbonyl (C=O) groups excluding carboxylic acids is 1. The summed E-state index contributed by atoms with van der Waals surface area (Å²) in [5.74, 6) is 0.635. The van der Waals surface area contributed by atoms with Crippen LogP contribution < -0.4 is 5.32 Å². The Balaban J connectivity index is 1.57. The molecule has 3 aromatic rings. The van der Waals surface area contributed by atoms with Gasteiger partial charge in [0.15, 0.2) is 0 Å². The molecule has 21 heavy (non-hydrogen) atoms. The van der Waals surface area contributed by atoms with Gasteiger partial charge in [-0.25, -0.2) is 4.98 Å². The van der Waals surface area contributed by atoms with Crippen LogP contribution in [0.4, 0.5) is 0 Å². The van der Waals surface area contributed by atoms with Crippen LogP contribution in [0.3, 0.4) is 0 Å². The Morgan fingerprint density at radius 1 is 1.52 bits per heavy atom. The van der Waals surface area contributed by atoms with Crippen LogP contribution in [0.25, 0.3) is 10.6 Å². The Morgan fingerprint density at radius 2 is 2.43 bits per heavy atom. The summed E-state index contributed by atoms with van der Waals surface area (Å²) in [6, 6.07) is 1.81. The SMILES string of the molecule is Cn1cnnc1CCNC(=O)c1csc(-c2ccoc2)n1. The molecule has 1 amide bonds. The van der Waals surface area contributed by atoms with Gasteiger partial charge in [0, 0.05) is 31.0 Å². The Morgan fingerprint density at radius 3 is 3.14 bits per heavy atom. The van der Waals surface area contributed by atoms with Gasteiger partial charge in [0.1, 0.15) is 29.1 Å². The van der Waals surface area contributed by atoms with Crippen molar-refractivity contribution in [2.75, 3.05) is 6.54 Å². The molecule has 0 fully saturated rings. The van der Waals surface area contributed by atoms with Gasteiger partial charge in [-0.05, 0) is 6.07 Å². The lowest BCUT2D eigenvalue weighted by molar-refractivity contribution is 0.0949. The third kappa shape index (κ3) is 3.00. The third-order valence-electron chi connectivity index (χ3n) is 2.94. The number of hydrogen-bond donors (Lipinski definition) is 1. The molecule has 0 atom stereocenters. The first kappa shape index (κ1) is 13.5. The zero-order chi connectivity index (χ0) is 14.7. The minimum Gasteiger partial charge on any atom is -0.472 e. The van der Waals surface area contributed by atoms with Crippen molar-refractivity contribution in [1.29, 1.82) is 0 Å². The fourth-order valence-electron chi connectivity index (χ4n) is 1.81. The Kier molecular flexibility index (Phi) is 3.78. The van der Waals surface area contributed by atoms with Crippen LogP contribution in [0.2, 0.25) is 0 Å². The molecule has 0 spiro atoms. The summed E-state index contributed by atoms with van der Waals surface area (Å²) >= 11 is 1.41. The molecule has 0 bridgehead atoms. The normalized spacial score (nSPS) is 10.7. The van der Waals surface area contributed by atoms with Crippen molar-refractivity contribution in [1.82, 2.24) is 25.1 Å². The summed E-state index contributed by atoms with van der Waals surface area (Å²) in [6.45, 7) is 0.490. The van der Waals surface area contributed by atoms with Crippen molar-refractivity contribution in [3.05, 3.63) is 41.8 Å². The van der Waals surface area contributed by atoms with Crippen LogP contribution in [0.5, 0.6) is 0 Å². The second-order valence-corrected chi connectivity index (χ2v) is 5.27. The van der Waals surface area contributed by atoms with E-state index in [1.165, 1.54) is 11.3 Å². The largest absolute Gasteiger partial charge is 0.472 e. The molecule has 0 saturated carbocycles. The van der Waals surface area contributed by atoms with Gasteiger partial charge in [0.25, 0.3) is 5.91 Å². The van der Waals surface area contributed by atoms with Crippen molar-refractivity contribution < 1.29 is 9.21 Å². The Hall–Kier alpha value is -2.48. The molecule has 3 heterocycles. The van der Waals surface area contributed by atoms with Gasteiger partial charge in [-0.15, -0.1) is 21.5 Å². The molecule has 108 valence electrons. The second kappa shape index (κ2) is 5.88. The quantitative estimate of drug-likeness (QED) is 0.772. The molecule has 0 aliphatic rings. The van der Waals surface area contributed by atoms with E-state index in [0.717, 1.165) is 16.4 Å². The lowest BCUT2D eigenvalue weighted by atomic mass is 10.3. The zero-order valence-electron chi connectivity index (χ0n) is 11.3. The number of nitrogens with zero attached hydrogens (tertiary/aromatic N) is 4. The number of nitrogens with one attached hydrogen (secondary N) is 1. The highest BCUT2D eigenvalue weighted by Gasteiger charge is 2.12. The smallest absolute Gasteiger partial charge is 0.270 e. The van der Waals surface area contributed by atoms with Crippen LogP contribution in [0.15, 0.2) is 34.7 Å². The third-order valence-corrected chi connectivity index (χ3v) is 3.84. The van der Waals surface area contributed by atoms with Gasteiger partial charge in [-0.1, -0.05) is 0 Å². The molecule has 8 heteroatoms. The van der Waals surface area contributed by atoms with E-state index in [2.05, 4.69) is 20.5 Å². The Bertz CT molecular complexity index is 731. The van der Waals surface area contributed by atoms with E-state index >= 15 is 0 Å². The molecular weight excluding hydrogens is 290 g/mol. The summed E-state index contributed by atoms with van der Waals surface area (Å²) in [6.07, 6.45) is 5.45. The molecule has 3 rings (SSSR count). The number of rotatable bonds is 5. The van der Waals surface area contributed by atoms with Crippen LogP contribution >= 0.6 is 11.3 Å². The maximum Gasteiger partial charge on any atom is 0.270 e. The molecule has 1 N–H and O–H groups in total. The van der Waals surface area contributed by atoms with E-state index in [1.807, 2.05) is 17.7 Å². The van der Waals surface area contributed by atoms with Gasteiger partial charge in [-0.3, -0.25) is 4.79 Å². The summed E-state index contributed by atoms with van der Waals surface area (Å²) < 4.78 is 6.83. The molecule has 0 radical (unpaired) electrons. The minimum atomic E-state index is -0.192. The van der Waals surface area contributed by atoms with E-state index in [4.69, 9.17) is 4.42 Å². The average Bonchev–Trinajstić information content (AvgIpc) is 3.19. The predicted octanol–water partition coefficient (Wildman–Crippen LogP) is 1.50. The highest BCUT2D eigenvalue weighted by molar-refractivity contribution is 7.13. The second-order valence-electron chi connectivity index (χ2n) is 4.41. The first-order valence-electron chi connectivity index (χ1n) is 6.33. The van der Waals surface area contributed by atoms with E-state index in [0.29, 0.717) is 18.7 Å². The van der Waals surface area contributed by atoms with Crippen LogP contribution in [-0.4, -0.2) is 32.2 Å². The van der Waals surface area contributed by atoms with Gasteiger partial charge in [0.2, 0.25) is 0 Å². The number of hydrogen-bond acceptors (Lipinski definition) is 6. The summed E-state index contributed by atoms with van der Waals surface area (Å²) in [4.78, 5) is 16.3. The highest BCUT2D eigenvalue weighted by atomic mass is 32.1. The van der Waals surface area contributed by atoms with Crippen molar-refractivity contribution >= 4 is 17.2 Å². The fraction of sp³-hybridized carbons (Fsp3) is 0.231. The average molecular weight is 303 g/mol. The predicted molar refractivity (Wildman–Crippen MR) is 76.9 cm³/mol. The standard InChI is InChI=1S/C13H13N5O2S/c1-18-8-15-17-11(18)2-4-14-12(19)10-7-21-13(16-10)9-3-5-20-6-9/h3,5-8H,2,4H2,1H3,(H,14,19). The number of thiazole rings is 1. The Labute approximate surface area is 124 Å². The number of carbonyl (C=O) groups is 1. The fourth-order valence-corrected chi connectivity index (χ4v) is 2.59. The van der Waals surface area contributed by atoms with Gasteiger partial charge in [-0.2, -0.15) is 0 Å². The van der Waals surface area contributed by atoms with Crippen molar-refractivity contribution in [2.45, 2.75) is 6.42 Å². The summed E-state index contributed by atoms with van der Waals surface area (Å²) in [7, 11) is 1.87. The number of furan rings is 1. The lowest BCUT2D eigenvalue weighted by Crippen LogP contribution is -2.26. The van der Waals surface area contributed by atoms with Crippen molar-refractivity contribution in [3.8, 4) is 10.6 Å². The minimum absolute atomic E-state index is 0.192. The monoisotopic (exact) mass is 303 g/mol. The first-order valence-corrected chi connectivity index (χ1v) is 7.21. The maximum atomic E-state index is 12.0. The van der Waals surface area contributed by atoms with Crippen molar-refractivity contribution in [2.24, 2.45) is 7.05 Å². The van der Waals surface area contributed by atoms with Gasteiger partial charge < -0.3 is 14.3 Å². The summed E-state index contributed by atoms with van der Waals surface area (Å²) in [5, 5.41) is 13.1. The lowest BCUT2D eigenvalue weighted by Gasteiger charge is -2.02. The molecule has 3 aromatic heterocycles. The first-order chi connectivity index (χ1) is 10.2. The molecule has 0 aliphatic carbocycles. The molecule has 0 aliphatic heterocycles. The van der Waals surface area contributed by atoms with Gasteiger partial charge in [0.05, 0.1) is 6.26 Å². The van der Waals surface area contributed by atoms with Crippen LogP contribution in [0, 0.1) is 0 Å². The zero-order valence-corrected chi connectivity index (χ0v) is 12.1. The van der Waals surface area contributed by atoms with Crippen molar-refractivity contribution in [3.63, 3.8) is 0 Å². The molecule has 0 saturated heterocycles. The topological polar surface area (TPSA) is 85.8 Å². The van der Waals surface area contributed by atoms with E-state index in [1.54, 1.807) is 24.2 Å². The van der Waals surface area contributed by atoms with Crippen LogP contribution in [0.1, 0.15) is 16.3 Å². The van der Waals surface area contributed by atoms with E-state index in [-0.39, 0.29) is 5.91 Å². The molecule has 0 unspecified atom stereocenters. The van der Waals surface area contributed by atoms with E-state index < -0.39 is 0 Å². The molecule has 7 nitrogen and oxygen atoms in total. The number of amides is 1. The number of aromatic nitrogens is 4. The maximum absolute atomic E-state index is 12.0.